The van der Waals surface area contributed by atoms with Crippen molar-refractivity contribution in [1.82, 2.24) is 14.9 Å². The Morgan fingerprint density at radius 2 is 1.91 bits per heavy atom. The summed E-state index contributed by atoms with van der Waals surface area (Å²) in [6, 6.07) is 4.92. The average molecular weight is 342 g/mol. The van der Waals surface area contributed by atoms with E-state index in [1.165, 1.54) is 12.1 Å². The van der Waals surface area contributed by atoms with Crippen molar-refractivity contribution in [2.75, 3.05) is 19.0 Å². The van der Waals surface area contributed by atoms with Crippen LogP contribution in [0, 0.1) is 0 Å². The minimum Gasteiger partial charge on any atom is -0.296 e. The second kappa shape index (κ2) is 6.45. The van der Waals surface area contributed by atoms with Crippen LogP contribution in [-0.2, 0) is 19.1 Å². The zero-order chi connectivity index (χ0) is 16.4. The van der Waals surface area contributed by atoms with Gasteiger partial charge < -0.3 is 0 Å². The summed E-state index contributed by atoms with van der Waals surface area (Å²) in [7, 11) is 0. The molecule has 3 rings (SSSR count). The molecule has 122 valence electrons. The van der Waals surface area contributed by atoms with Crippen molar-refractivity contribution in [3.8, 4) is 11.4 Å². The molecule has 0 atom stereocenters. The molecule has 0 bridgehead atoms. The first kappa shape index (κ1) is 16.2. The van der Waals surface area contributed by atoms with Gasteiger partial charge in [-0.3, -0.25) is 4.90 Å². The van der Waals surface area contributed by atoms with Gasteiger partial charge in [0.25, 0.3) is 0 Å². The number of halogens is 4. The number of aromatic nitrogens is 2. The molecule has 1 aromatic heterocycles. The lowest BCUT2D eigenvalue weighted by molar-refractivity contribution is -0.137. The summed E-state index contributed by atoms with van der Waals surface area (Å²) in [5.74, 6) is 1.01. The Balaban J connectivity index is 1.85. The minimum atomic E-state index is -4.34. The highest BCUT2D eigenvalue weighted by Gasteiger charge is 2.30. The Hall–Kier alpha value is -1.66. The molecule has 0 saturated heterocycles. The van der Waals surface area contributed by atoms with Gasteiger partial charge in [-0.2, -0.15) is 13.2 Å². The molecule has 3 nitrogen and oxygen atoms in total. The molecule has 1 aliphatic heterocycles. The Bertz CT molecular complexity index is 686. The Labute approximate surface area is 137 Å². The lowest BCUT2D eigenvalue weighted by atomic mass is 10.1. The molecule has 1 aromatic carbocycles. The molecule has 23 heavy (non-hydrogen) atoms. The van der Waals surface area contributed by atoms with Crippen molar-refractivity contribution in [2.24, 2.45) is 0 Å². The second-order valence-corrected chi connectivity index (χ2v) is 5.83. The largest absolute Gasteiger partial charge is 0.416 e. The van der Waals surface area contributed by atoms with Crippen LogP contribution in [-0.4, -0.2) is 33.8 Å². The molecule has 0 saturated carbocycles. The fourth-order valence-electron chi connectivity index (χ4n) is 2.61. The Morgan fingerprint density at radius 1 is 1.17 bits per heavy atom. The molecule has 0 spiro atoms. The van der Waals surface area contributed by atoms with Crippen molar-refractivity contribution in [3.63, 3.8) is 0 Å². The van der Waals surface area contributed by atoms with Crippen LogP contribution in [0.2, 0.25) is 0 Å². The van der Waals surface area contributed by atoms with E-state index in [1.54, 1.807) is 6.20 Å². The average Bonchev–Trinajstić information content (AvgIpc) is 2.54. The molecular weight excluding hydrogens is 327 g/mol. The van der Waals surface area contributed by atoms with Crippen LogP contribution in [0.5, 0.6) is 0 Å². The van der Waals surface area contributed by atoms with Crippen LogP contribution < -0.4 is 0 Å². The zero-order valence-corrected chi connectivity index (χ0v) is 13.0. The van der Waals surface area contributed by atoms with E-state index in [-0.39, 0.29) is 0 Å². The van der Waals surface area contributed by atoms with Gasteiger partial charge in [-0.1, -0.05) is 12.1 Å². The summed E-state index contributed by atoms with van der Waals surface area (Å²) in [5.41, 5.74) is 1.92. The SMILES string of the molecule is FC(F)(F)c1ccc(-c2ncc3c(n2)CN(CCCl)CC3)cc1. The zero-order valence-electron chi connectivity index (χ0n) is 12.3. The fourth-order valence-corrected chi connectivity index (χ4v) is 2.85. The number of hydrogen-bond donors (Lipinski definition) is 0. The Kier molecular flexibility index (Phi) is 4.55. The summed E-state index contributed by atoms with van der Waals surface area (Å²) in [6.45, 7) is 2.40. The van der Waals surface area contributed by atoms with Gasteiger partial charge in [0, 0.05) is 37.3 Å². The fraction of sp³-hybridized carbons (Fsp3) is 0.375. The van der Waals surface area contributed by atoms with Gasteiger partial charge in [0.1, 0.15) is 0 Å². The van der Waals surface area contributed by atoms with Gasteiger partial charge in [-0.25, -0.2) is 9.97 Å². The van der Waals surface area contributed by atoms with E-state index >= 15 is 0 Å². The van der Waals surface area contributed by atoms with Crippen molar-refractivity contribution < 1.29 is 13.2 Å². The molecule has 0 amide bonds. The first-order valence-electron chi connectivity index (χ1n) is 7.28. The minimum absolute atomic E-state index is 0.449. The molecule has 0 unspecified atom stereocenters. The third-order valence-electron chi connectivity index (χ3n) is 3.90. The highest BCUT2D eigenvalue weighted by molar-refractivity contribution is 6.18. The van der Waals surface area contributed by atoms with E-state index in [4.69, 9.17) is 11.6 Å². The number of nitrogens with zero attached hydrogens (tertiary/aromatic N) is 3. The van der Waals surface area contributed by atoms with E-state index in [2.05, 4.69) is 14.9 Å². The number of alkyl halides is 4. The first-order valence-corrected chi connectivity index (χ1v) is 7.81. The van der Waals surface area contributed by atoms with E-state index in [0.29, 0.717) is 23.8 Å². The van der Waals surface area contributed by atoms with Crippen molar-refractivity contribution in [3.05, 3.63) is 47.3 Å². The molecule has 0 N–H and O–H groups in total. The number of hydrogen-bond acceptors (Lipinski definition) is 3. The second-order valence-electron chi connectivity index (χ2n) is 5.46. The van der Waals surface area contributed by atoms with Crippen LogP contribution in [0.3, 0.4) is 0 Å². The van der Waals surface area contributed by atoms with Crippen LogP contribution >= 0.6 is 11.6 Å². The molecule has 0 fully saturated rings. The number of rotatable bonds is 3. The van der Waals surface area contributed by atoms with E-state index in [0.717, 1.165) is 42.9 Å². The predicted octanol–water partition coefficient (Wildman–Crippen LogP) is 3.76. The maximum Gasteiger partial charge on any atom is 0.416 e. The normalized spacial score (nSPS) is 15.5. The number of benzene rings is 1. The molecule has 2 heterocycles. The van der Waals surface area contributed by atoms with Gasteiger partial charge in [0.15, 0.2) is 5.82 Å². The Morgan fingerprint density at radius 3 is 2.57 bits per heavy atom. The van der Waals surface area contributed by atoms with Crippen molar-refractivity contribution in [1.29, 1.82) is 0 Å². The molecule has 0 aliphatic carbocycles. The van der Waals surface area contributed by atoms with Crippen molar-refractivity contribution in [2.45, 2.75) is 19.1 Å². The highest BCUT2D eigenvalue weighted by Crippen LogP contribution is 2.30. The quantitative estimate of drug-likeness (QED) is 0.796. The molecule has 7 heteroatoms. The van der Waals surface area contributed by atoms with Crippen LogP contribution in [0.4, 0.5) is 13.2 Å². The van der Waals surface area contributed by atoms with Crippen LogP contribution in [0.1, 0.15) is 16.8 Å². The molecule has 1 aliphatic rings. The highest BCUT2D eigenvalue weighted by atomic mass is 35.5. The smallest absolute Gasteiger partial charge is 0.296 e. The van der Waals surface area contributed by atoms with E-state index < -0.39 is 11.7 Å². The third kappa shape index (κ3) is 3.64. The lowest BCUT2D eigenvalue weighted by Crippen LogP contribution is -2.32. The monoisotopic (exact) mass is 341 g/mol. The van der Waals surface area contributed by atoms with Gasteiger partial charge in [-0.15, -0.1) is 11.6 Å². The summed E-state index contributed by atoms with van der Waals surface area (Å²) in [5, 5.41) is 0. The van der Waals surface area contributed by atoms with Gasteiger partial charge in [0.05, 0.1) is 11.3 Å². The van der Waals surface area contributed by atoms with Crippen LogP contribution in [0.15, 0.2) is 30.5 Å². The first-order chi connectivity index (χ1) is 11.0. The standard InChI is InChI=1S/C16H15ClF3N3/c17-6-8-23-7-5-12-9-21-15(22-14(12)10-23)11-1-3-13(4-2-11)16(18,19)20/h1-4,9H,5-8,10H2. The maximum absolute atomic E-state index is 12.6. The third-order valence-corrected chi connectivity index (χ3v) is 4.07. The van der Waals surface area contributed by atoms with Gasteiger partial charge in [0.2, 0.25) is 0 Å². The van der Waals surface area contributed by atoms with Gasteiger partial charge in [-0.05, 0) is 24.1 Å². The van der Waals surface area contributed by atoms with Gasteiger partial charge >= 0.3 is 6.18 Å². The van der Waals surface area contributed by atoms with E-state index in [1.807, 2.05) is 0 Å². The van der Waals surface area contributed by atoms with Crippen molar-refractivity contribution >= 4 is 11.6 Å². The molecule has 0 radical (unpaired) electrons. The summed E-state index contributed by atoms with van der Waals surface area (Å²) < 4.78 is 37.8. The molecular formula is C16H15ClF3N3. The summed E-state index contributed by atoms with van der Waals surface area (Å²) in [6.07, 6.45) is -1.70. The number of fused-ring (bicyclic) bond motifs is 1. The maximum atomic E-state index is 12.6. The lowest BCUT2D eigenvalue weighted by Gasteiger charge is -2.27. The summed E-state index contributed by atoms with van der Waals surface area (Å²) >= 11 is 5.77. The van der Waals surface area contributed by atoms with Crippen LogP contribution in [0.25, 0.3) is 11.4 Å². The van der Waals surface area contributed by atoms with E-state index in [9.17, 15) is 13.2 Å². The molecule has 2 aromatic rings. The predicted molar refractivity (Wildman–Crippen MR) is 82.2 cm³/mol. The topological polar surface area (TPSA) is 29.0 Å². The summed E-state index contributed by atoms with van der Waals surface area (Å²) in [4.78, 5) is 11.0.